The van der Waals surface area contributed by atoms with E-state index in [1.165, 1.54) is 0 Å². The highest BCUT2D eigenvalue weighted by Gasteiger charge is 2.28. The molecule has 4 nitrogen and oxygen atoms in total. The molecule has 132 valence electrons. The molecule has 4 rings (SSSR count). The highest BCUT2D eigenvalue weighted by molar-refractivity contribution is 7.90. The maximum Gasteiger partial charge on any atom is 0.268 e. The summed E-state index contributed by atoms with van der Waals surface area (Å²) in [7, 11) is -1.51. The van der Waals surface area contributed by atoms with Crippen molar-refractivity contribution in [2.45, 2.75) is 24.3 Å². The van der Waals surface area contributed by atoms with E-state index in [0.29, 0.717) is 4.90 Å². The lowest BCUT2D eigenvalue weighted by Gasteiger charge is -2.12. The molecule has 0 fully saturated rings. The third kappa shape index (κ3) is 2.97. The summed E-state index contributed by atoms with van der Waals surface area (Å²) in [4.78, 5) is 2.60. The fourth-order valence-corrected chi connectivity index (χ4v) is 5.22. The van der Waals surface area contributed by atoms with Crippen LogP contribution in [0.5, 0.6) is 0 Å². The summed E-state index contributed by atoms with van der Waals surface area (Å²) in [5, 5.41) is 1.04. The number of rotatable bonds is 2. The minimum absolute atomic E-state index is 0. The summed E-state index contributed by atoms with van der Waals surface area (Å²) >= 11 is 0. The number of halogens is 1. The predicted molar refractivity (Wildman–Crippen MR) is 103 cm³/mol. The maximum atomic E-state index is 13.3. The van der Waals surface area contributed by atoms with Gasteiger partial charge in [-0.2, -0.15) is 0 Å². The zero-order chi connectivity index (χ0) is 16.7. The van der Waals surface area contributed by atoms with Crippen LogP contribution in [0.25, 0.3) is 10.9 Å². The summed E-state index contributed by atoms with van der Waals surface area (Å²) < 4.78 is 28.2. The number of aromatic nitrogens is 1. The molecule has 3 aromatic rings. The summed E-state index contributed by atoms with van der Waals surface area (Å²) in [6, 6.07) is 16.5. The van der Waals surface area contributed by atoms with Gasteiger partial charge >= 0.3 is 0 Å². The molecule has 0 radical (unpaired) electrons. The van der Waals surface area contributed by atoms with Gasteiger partial charge in [0.05, 0.1) is 10.4 Å². The highest BCUT2D eigenvalue weighted by atomic mass is 35.5. The van der Waals surface area contributed by atoms with Crippen LogP contribution in [0.2, 0.25) is 0 Å². The Kier molecular flexibility index (Phi) is 4.91. The summed E-state index contributed by atoms with van der Waals surface area (Å²) in [5.74, 6) is 0. The number of hydrogen-bond acceptors (Lipinski definition) is 3. The fraction of sp³-hybridized carbons (Fsp3) is 0.263. The molecule has 0 bridgehead atoms. The van der Waals surface area contributed by atoms with Crippen molar-refractivity contribution >= 4 is 33.3 Å². The van der Waals surface area contributed by atoms with E-state index in [1.807, 2.05) is 30.3 Å². The van der Waals surface area contributed by atoms with E-state index >= 15 is 0 Å². The molecule has 0 saturated carbocycles. The van der Waals surface area contributed by atoms with Gasteiger partial charge in [-0.3, -0.25) is 0 Å². The minimum atomic E-state index is -3.60. The average Bonchev–Trinajstić information content (AvgIpc) is 2.77. The van der Waals surface area contributed by atoms with Crippen LogP contribution in [-0.4, -0.2) is 30.9 Å². The number of hydrogen-bond donors (Lipinski definition) is 0. The minimum Gasteiger partial charge on any atom is -0.302 e. The lowest BCUT2D eigenvalue weighted by molar-refractivity contribution is 0.333. The van der Waals surface area contributed by atoms with Gasteiger partial charge in [0.1, 0.15) is 0 Å². The maximum absolute atomic E-state index is 13.3. The average molecular weight is 377 g/mol. The van der Waals surface area contributed by atoms with Gasteiger partial charge in [-0.25, -0.2) is 12.4 Å². The molecule has 0 N–H and O–H groups in total. The lowest BCUT2D eigenvalue weighted by atomic mass is 10.1. The second-order valence-electron chi connectivity index (χ2n) is 6.37. The van der Waals surface area contributed by atoms with Crippen LogP contribution >= 0.6 is 12.4 Å². The molecule has 25 heavy (non-hydrogen) atoms. The second kappa shape index (κ2) is 6.83. The Hall–Kier alpha value is -1.82. The first-order chi connectivity index (χ1) is 11.6. The summed E-state index contributed by atoms with van der Waals surface area (Å²) in [6.07, 6.45) is 1.74. The predicted octanol–water partition coefficient (Wildman–Crippen LogP) is 3.68. The molecular formula is C19H21ClN2O2S. The molecule has 2 heterocycles. The van der Waals surface area contributed by atoms with Crippen molar-refractivity contribution in [1.29, 1.82) is 0 Å². The molecule has 0 unspecified atom stereocenters. The van der Waals surface area contributed by atoms with E-state index in [1.54, 1.807) is 28.2 Å². The largest absolute Gasteiger partial charge is 0.302 e. The first kappa shape index (κ1) is 18.0. The topological polar surface area (TPSA) is 42.3 Å². The second-order valence-corrected chi connectivity index (χ2v) is 8.15. The van der Waals surface area contributed by atoms with Crippen molar-refractivity contribution in [2.24, 2.45) is 0 Å². The number of fused-ring (bicyclic) bond motifs is 3. The molecule has 6 heteroatoms. The molecule has 1 aliphatic rings. The van der Waals surface area contributed by atoms with Crippen molar-refractivity contribution in [3.63, 3.8) is 0 Å². The Morgan fingerprint density at radius 3 is 2.40 bits per heavy atom. The van der Waals surface area contributed by atoms with Crippen molar-refractivity contribution in [3.8, 4) is 0 Å². The van der Waals surface area contributed by atoms with Gasteiger partial charge in [0.2, 0.25) is 0 Å². The molecule has 1 aliphatic heterocycles. The van der Waals surface area contributed by atoms with Crippen molar-refractivity contribution in [2.75, 3.05) is 13.6 Å². The Morgan fingerprint density at radius 2 is 1.64 bits per heavy atom. The van der Waals surface area contributed by atoms with Crippen molar-refractivity contribution in [3.05, 3.63) is 65.9 Å². The van der Waals surface area contributed by atoms with E-state index < -0.39 is 10.0 Å². The van der Waals surface area contributed by atoms with Gasteiger partial charge in [-0.15, -0.1) is 12.4 Å². The molecule has 0 atom stereocenters. The Balaban J connectivity index is 0.00000182. The zero-order valence-electron chi connectivity index (χ0n) is 14.1. The number of nitrogens with zero attached hydrogens (tertiary/aromatic N) is 2. The van der Waals surface area contributed by atoms with Gasteiger partial charge in [-0.05, 0) is 50.2 Å². The van der Waals surface area contributed by atoms with Gasteiger partial charge in [-0.1, -0.05) is 36.4 Å². The monoisotopic (exact) mass is 376 g/mol. The first-order valence-electron chi connectivity index (χ1n) is 8.19. The summed E-state index contributed by atoms with van der Waals surface area (Å²) in [6.45, 7) is 1.77. The fourth-order valence-electron chi connectivity index (χ4n) is 3.60. The molecule has 1 aromatic heterocycles. The van der Waals surface area contributed by atoms with Crippen LogP contribution in [0.1, 0.15) is 17.7 Å². The lowest BCUT2D eigenvalue weighted by Crippen LogP contribution is -2.16. The van der Waals surface area contributed by atoms with Gasteiger partial charge in [0.15, 0.2) is 0 Å². The smallest absolute Gasteiger partial charge is 0.268 e. The SMILES string of the molecule is CN1CCCc2c(c3ccccc3n2S(=O)(=O)c2ccccc2)C1.Cl. The van der Waals surface area contributed by atoms with E-state index in [9.17, 15) is 8.42 Å². The van der Waals surface area contributed by atoms with Crippen LogP contribution in [0, 0.1) is 0 Å². The molecule has 2 aromatic carbocycles. The van der Waals surface area contributed by atoms with E-state index in [0.717, 1.165) is 48.1 Å². The highest BCUT2D eigenvalue weighted by Crippen LogP contribution is 2.33. The third-order valence-corrected chi connectivity index (χ3v) is 6.47. The van der Waals surface area contributed by atoms with Crippen molar-refractivity contribution < 1.29 is 8.42 Å². The molecule has 0 saturated heterocycles. The van der Waals surface area contributed by atoms with Crippen LogP contribution < -0.4 is 0 Å². The first-order valence-corrected chi connectivity index (χ1v) is 9.63. The van der Waals surface area contributed by atoms with Gasteiger partial charge < -0.3 is 4.90 Å². The van der Waals surface area contributed by atoms with Gasteiger partial charge in [0.25, 0.3) is 10.0 Å². The van der Waals surface area contributed by atoms with E-state index in [4.69, 9.17) is 0 Å². The van der Waals surface area contributed by atoms with Crippen molar-refractivity contribution in [1.82, 2.24) is 8.87 Å². The Labute approximate surface area is 154 Å². The van der Waals surface area contributed by atoms with Crippen LogP contribution in [0.4, 0.5) is 0 Å². The summed E-state index contributed by atoms with van der Waals surface area (Å²) in [5.41, 5.74) is 2.86. The molecule has 0 amide bonds. The molecule has 0 aliphatic carbocycles. The Morgan fingerprint density at radius 1 is 0.960 bits per heavy atom. The number of benzene rings is 2. The molecular weight excluding hydrogens is 356 g/mol. The van der Waals surface area contributed by atoms with Crippen LogP contribution in [0.3, 0.4) is 0 Å². The number of para-hydroxylation sites is 1. The van der Waals surface area contributed by atoms with Crippen LogP contribution in [-0.2, 0) is 23.0 Å². The Bertz CT molecular complexity index is 997. The molecule has 0 spiro atoms. The standard InChI is InChI=1S/C19H20N2O2S.ClH/c1-20-13-7-12-19-17(14-20)16-10-5-6-11-18(16)21(19)24(22,23)15-8-3-2-4-9-15;/h2-6,8-11H,7,12-14H2,1H3;1H. The zero-order valence-corrected chi connectivity index (χ0v) is 15.7. The third-order valence-electron chi connectivity index (χ3n) is 4.70. The normalized spacial score (nSPS) is 15.4. The quantitative estimate of drug-likeness (QED) is 0.685. The van der Waals surface area contributed by atoms with E-state index in [-0.39, 0.29) is 12.4 Å². The van der Waals surface area contributed by atoms with Gasteiger partial charge in [0, 0.05) is 17.6 Å². The van der Waals surface area contributed by atoms with E-state index in [2.05, 4.69) is 11.9 Å². The van der Waals surface area contributed by atoms with Crippen LogP contribution in [0.15, 0.2) is 59.5 Å².